The average Bonchev–Trinajstić information content (AvgIpc) is 3.36. The summed E-state index contributed by atoms with van der Waals surface area (Å²) in [4.78, 5) is 31.2. The molecule has 1 fully saturated rings. The van der Waals surface area contributed by atoms with Gasteiger partial charge >= 0.3 is 0 Å². The van der Waals surface area contributed by atoms with E-state index in [1.54, 1.807) is 17.0 Å². The van der Waals surface area contributed by atoms with Gasteiger partial charge in [0.15, 0.2) is 5.76 Å². The highest BCUT2D eigenvalue weighted by Crippen LogP contribution is 2.17. The molecular weight excluding hydrogens is 348 g/mol. The third-order valence-electron chi connectivity index (χ3n) is 4.54. The summed E-state index contributed by atoms with van der Waals surface area (Å²) in [7, 11) is 0. The van der Waals surface area contributed by atoms with Crippen molar-refractivity contribution in [3.63, 3.8) is 0 Å². The van der Waals surface area contributed by atoms with Crippen molar-refractivity contribution in [1.82, 2.24) is 19.8 Å². The summed E-state index contributed by atoms with van der Waals surface area (Å²) in [5.41, 5.74) is 1.65. The van der Waals surface area contributed by atoms with Crippen molar-refractivity contribution in [2.24, 2.45) is 0 Å². The second kappa shape index (κ2) is 7.63. The van der Waals surface area contributed by atoms with E-state index < -0.39 is 0 Å². The van der Waals surface area contributed by atoms with Crippen LogP contribution in [-0.2, 0) is 22.6 Å². The molecule has 8 nitrogen and oxygen atoms in total. The highest BCUT2D eigenvalue weighted by molar-refractivity contribution is 5.91. The minimum absolute atomic E-state index is 0.0139. The molecular formula is C19H20N4O4. The monoisotopic (exact) mass is 368 g/mol. The van der Waals surface area contributed by atoms with Crippen LogP contribution >= 0.6 is 0 Å². The molecule has 0 unspecified atom stereocenters. The number of furan rings is 1. The standard InChI is InChI=1S/C19H20N4O4/c24-18(22-7-10-26-11-8-22)13-23-15-5-2-1-4-14(15)21-17(23)12-20-19(25)16-6-3-9-27-16/h1-6,9H,7-8,10-13H2,(H,20,25). The number of rotatable bonds is 5. The molecule has 1 aliphatic rings. The summed E-state index contributed by atoms with van der Waals surface area (Å²) < 4.78 is 12.3. The van der Waals surface area contributed by atoms with Crippen LogP contribution in [0, 0.1) is 0 Å². The molecule has 0 spiro atoms. The molecule has 1 aliphatic heterocycles. The summed E-state index contributed by atoms with van der Waals surface area (Å²) in [5.74, 6) is 0.554. The van der Waals surface area contributed by atoms with E-state index >= 15 is 0 Å². The topological polar surface area (TPSA) is 89.6 Å². The van der Waals surface area contributed by atoms with E-state index in [-0.39, 0.29) is 30.7 Å². The Morgan fingerprint density at radius 3 is 2.70 bits per heavy atom. The molecule has 0 saturated carbocycles. The van der Waals surface area contributed by atoms with E-state index in [1.165, 1.54) is 6.26 Å². The van der Waals surface area contributed by atoms with Crippen molar-refractivity contribution in [3.8, 4) is 0 Å². The van der Waals surface area contributed by atoms with E-state index in [0.29, 0.717) is 32.1 Å². The number of ether oxygens (including phenoxy) is 1. The molecule has 8 heteroatoms. The van der Waals surface area contributed by atoms with Crippen molar-refractivity contribution in [2.45, 2.75) is 13.1 Å². The molecule has 0 radical (unpaired) electrons. The fraction of sp³-hybridized carbons (Fsp3) is 0.316. The van der Waals surface area contributed by atoms with Gasteiger partial charge in [0.25, 0.3) is 5.91 Å². The maximum Gasteiger partial charge on any atom is 0.287 e. The predicted molar refractivity (Wildman–Crippen MR) is 97.0 cm³/mol. The third-order valence-corrected chi connectivity index (χ3v) is 4.54. The molecule has 2 amide bonds. The van der Waals surface area contributed by atoms with Crippen LogP contribution in [0.3, 0.4) is 0 Å². The van der Waals surface area contributed by atoms with Gasteiger partial charge < -0.3 is 23.9 Å². The number of hydrogen-bond donors (Lipinski definition) is 1. The normalized spacial score (nSPS) is 14.4. The van der Waals surface area contributed by atoms with Gasteiger partial charge in [0.05, 0.1) is 37.1 Å². The first-order valence-corrected chi connectivity index (χ1v) is 8.84. The number of fused-ring (bicyclic) bond motifs is 1. The predicted octanol–water partition coefficient (Wildman–Crippen LogP) is 1.42. The van der Waals surface area contributed by atoms with Gasteiger partial charge in [-0.05, 0) is 24.3 Å². The number of aromatic nitrogens is 2. The van der Waals surface area contributed by atoms with Crippen LogP contribution in [-0.4, -0.2) is 52.6 Å². The number of nitrogens with one attached hydrogen (secondary N) is 1. The Bertz CT molecular complexity index is 942. The van der Waals surface area contributed by atoms with Crippen molar-refractivity contribution in [2.75, 3.05) is 26.3 Å². The van der Waals surface area contributed by atoms with Crippen LogP contribution in [0.4, 0.5) is 0 Å². The molecule has 1 N–H and O–H groups in total. The number of para-hydroxylation sites is 2. The maximum atomic E-state index is 12.7. The quantitative estimate of drug-likeness (QED) is 0.736. The van der Waals surface area contributed by atoms with Crippen LogP contribution in [0.25, 0.3) is 11.0 Å². The van der Waals surface area contributed by atoms with Gasteiger partial charge in [0.1, 0.15) is 12.4 Å². The lowest BCUT2D eigenvalue weighted by Crippen LogP contribution is -2.42. The van der Waals surface area contributed by atoms with E-state index in [1.807, 2.05) is 28.8 Å². The third kappa shape index (κ3) is 3.70. The maximum absolute atomic E-state index is 12.7. The minimum atomic E-state index is -0.321. The van der Waals surface area contributed by atoms with Crippen LogP contribution in [0.1, 0.15) is 16.4 Å². The number of carbonyl (C=O) groups excluding carboxylic acids is 2. The lowest BCUT2D eigenvalue weighted by Gasteiger charge is -2.27. The zero-order valence-corrected chi connectivity index (χ0v) is 14.8. The van der Waals surface area contributed by atoms with E-state index in [2.05, 4.69) is 10.3 Å². The number of morpholine rings is 1. The van der Waals surface area contributed by atoms with Gasteiger partial charge in [-0.25, -0.2) is 4.98 Å². The summed E-state index contributed by atoms with van der Waals surface area (Å²) in [6, 6.07) is 10.9. The van der Waals surface area contributed by atoms with Gasteiger partial charge in [-0.15, -0.1) is 0 Å². The summed E-state index contributed by atoms with van der Waals surface area (Å²) in [6.45, 7) is 2.67. The first-order valence-electron chi connectivity index (χ1n) is 8.84. The van der Waals surface area contributed by atoms with Crippen molar-refractivity contribution < 1.29 is 18.7 Å². The number of carbonyl (C=O) groups is 2. The molecule has 2 aromatic heterocycles. The molecule has 1 saturated heterocycles. The summed E-state index contributed by atoms with van der Waals surface area (Å²) in [6.07, 6.45) is 1.45. The van der Waals surface area contributed by atoms with Gasteiger partial charge in [-0.3, -0.25) is 9.59 Å². The molecule has 4 rings (SSSR count). The van der Waals surface area contributed by atoms with Crippen molar-refractivity contribution >= 4 is 22.8 Å². The molecule has 0 bridgehead atoms. The van der Waals surface area contributed by atoms with Crippen LogP contribution in [0.5, 0.6) is 0 Å². The molecule has 0 atom stereocenters. The number of hydrogen-bond acceptors (Lipinski definition) is 5. The zero-order valence-electron chi connectivity index (χ0n) is 14.8. The molecule has 3 heterocycles. The Balaban J connectivity index is 1.55. The number of nitrogens with zero attached hydrogens (tertiary/aromatic N) is 3. The van der Waals surface area contributed by atoms with Gasteiger partial charge in [0, 0.05) is 13.1 Å². The Morgan fingerprint density at radius 1 is 1.11 bits per heavy atom. The van der Waals surface area contributed by atoms with E-state index in [4.69, 9.17) is 9.15 Å². The fourth-order valence-electron chi connectivity index (χ4n) is 3.14. The molecule has 3 aromatic rings. The number of amides is 2. The van der Waals surface area contributed by atoms with E-state index in [9.17, 15) is 9.59 Å². The number of imidazole rings is 1. The smallest absolute Gasteiger partial charge is 0.287 e. The number of benzene rings is 1. The van der Waals surface area contributed by atoms with E-state index in [0.717, 1.165) is 11.0 Å². The van der Waals surface area contributed by atoms with Gasteiger partial charge in [0.2, 0.25) is 5.91 Å². The molecule has 27 heavy (non-hydrogen) atoms. The molecule has 0 aliphatic carbocycles. The average molecular weight is 368 g/mol. The first kappa shape index (κ1) is 17.3. The SMILES string of the molecule is O=C(NCc1nc2ccccc2n1CC(=O)N1CCOCC1)c1ccco1. The fourth-order valence-corrected chi connectivity index (χ4v) is 3.14. The second-order valence-electron chi connectivity index (χ2n) is 6.26. The molecule has 1 aromatic carbocycles. The summed E-state index contributed by atoms with van der Waals surface area (Å²) in [5, 5.41) is 2.79. The highest BCUT2D eigenvalue weighted by Gasteiger charge is 2.20. The van der Waals surface area contributed by atoms with Gasteiger partial charge in [-0.1, -0.05) is 12.1 Å². The lowest BCUT2D eigenvalue weighted by atomic mass is 10.3. The first-order chi connectivity index (χ1) is 13.2. The highest BCUT2D eigenvalue weighted by atomic mass is 16.5. The van der Waals surface area contributed by atoms with Crippen LogP contribution in [0.2, 0.25) is 0 Å². The Morgan fingerprint density at radius 2 is 1.93 bits per heavy atom. The zero-order chi connectivity index (χ0) is 18.6. The molecule has 140 valence electrons. The summed E-state index contributed by atoms with van der Waals surface area (Å²) >= 11 is 0. The van der Waals surface area contributed by atoms with Crippen LogP contribution < -0.4 is 5.32 Å². The Labute approximate surface area is 155 Å². The Hall–Kier alpha value is -3.13. The van der Waals surface area contributed by atoms with Crippen LogP contribution in [0.15, 0.2) is 47.1 Å². The second-order valence-corrected chi connectivity index (χ2v) is 6.26. The van der Waals surface area contributed by atoms with Crippen molar-refractivity contribution in [3.05, 3.63) is 54.2 Å². The Kier molecular flexibility index (Phi) is 4.88. The largest absolute Gasteiger partial charge is 0.459 e. The van der Waals surface area contributed by atoms with Crippen molar-refractivity contribution in [1.29, 1.82) is 0 Å². The lowest BCUT2D eigenvalue weighted by molar-refractivity contribution is -0.135. The van der Waals surface area contributed by atoms with Gasteiger partial charge in [-0.2, -0.15) is 0 Å². The minimum Gasteiger partial charge on any atom is -0.459 e.